The fourth-order valence-corrected chi connectivity index (χ4v) is 1.80. The molecule has 0 spiro atoms. The normalized spacial score (nSPS) is 12.2. The second-order valence-corrected chi connectivity index (χ2v) is 5.01. The van der Waals surface area contributed by atoms with E-state index < -0.39 is 0 Å². The maximum atomic E-state index is 4.17. The summed E-state index contributed by atoms with van der Waals surface area (Å²) in [6.07, 6.45) is 5.90. The average molecular weight is 283 g/mol. The highest BCUT2D eigenvalue weighted by Crippen LogP contribution is 2.16. The number of rotatable bonds is 5. The highest BCUT2D eigenvalue weighted by molar-refractivity contribution is 9.10. The molecule has 88 valence electrons. The van der Waals surface area contributed by atoms with E-state index in [4.69, 9.17) is 0 Å². The van der Waals surface area contributed by atoms with Crippen LogP contribution in [0.2, 0.25) is 0 Å². The minimum absolute atomic E-state index is 0.554. The van der Waals surface area contributed by atoms with Crippen molar-refractivity contribution in [2.24, 2.45) is 5.92 Å². The van der Waals surface area contributed by atoms with Gasteiger partial charge in [0.15, 0.2) is 0 Å². The highest BCUT2D eigenvalue weighted by Gasteiger charge is 2.03. The molecule has 1 aromatic heterocycles. The first-order valence-corrected chi connectivity index (χ1v) is 6.44. The molecule has 0 aliphatic rings. The number of halogens is 1. The average Bonchev–Trinajstić information content (AvgIpc) is 2.24. The van der Waals surface area contributed by atoms with Crippen LogP contribution in [0.3, 0.4) is 0 Å². The van der Waals surface area contributed by atoms with Crippen molar-refractivity contribution >= 4 is 22.0 Å². The van der Waals surface area contributed by atoms with Gasteiger partial charge in [0.2, 0.25) is 0 Å². The molecule has 2 nitrogen and oxygen atoms in total. The summed E-state index contributed by atoms with van der Waals surface area (Å²) >= 11 is 3.43. The molecule has 0 bridgehead atoms. The lowest BCUT2D eigenvalue weighted by Gasteiger charge is -2.12. The second-order valence-electron chi connectivity index (χ2n) is 4.09. The van der Waals surface area contributed by atoms with Crippen molar-refractivity contribution in [2.45, 2.75) is 20.8 Å². The summed E-state index contributed by atoms with van der Waals surface area (Å²) in [5.41, 5.74) is 2.55. The van der Waals surface area contributed by atoms with Gasteiger partial charge < -0.3 is 5.32 Å². The van der Waals surface area contributed by atoms with Gasteiger partial charge in [0.25, 0.3) is 0 Å². The van der Waals surface area contributed by atoms with Gasteiger partial charge in [0, 0.05) is 23.4 Å². The topological polar surface area (TPSA) is 24.9 Å². The predicted molar refractivity (Wildman–Crippen MR) is 73.3 cm³/mol. The van der Waals surface area contributed by atoms with Gasteiger partial charge in [0.05, 0.1) is 0 Å². The van der Waals surface area contributed by atoms with Crippen LogP contribution in [0.1, 0.15) is 26.3 Å². The van der Waals surface area contributed by atoms with E-state index in [1.807, 2.05) is 6.20 Å². The largest absolute Gasteiger partial charge is 0.313 e. The Labute approximate surface area is 106 Å². The number of nitrogens with zero attached hydrogens (tertiary/aromatic N) is 1. The Balaban J connectivity index is 2.84. The molecular formula is C13H19BrN2. The first-order valence-electron chi connectivity index (χ1n) is 5.65. The van der Waals surface area contributed by atoms with Crippen molar-refractivity contribution in [1.29, 1.82) is 0 Å². The van der Waals surface area contributed by atoms with Crippen LogP contribution >= 0.6 is 15.9 Å². The first-order chi connectivity index (χ1) is 7.63. The third-order valence-electron chi connectivity index (χ3n) is 2.40. The fraction of sp³-hybridized carbons (Fsp3) is 0.462. The Morgan fingerprint density at radius 1 is 1.50 bits per heavy atom. The zero-order chi connectivity index (χ0) is 12.0. The zero-order valence-corrected chi connectivity index (χ0v) is 11.7. The van der Waals surface area contributed by atoms with Gasteiger partial charge in [0.1, 0.15) is 0 Å². The Hall–Kier alpha value is -0.670. The molecule has 0 aromatic carbocycles. The molecule has 1 heterocycles. The van der Waals surface area contributed by atoms with E-state index in [9.17, 15) is 0 Å². The van der Waals surface area contributed by atoms with Gasteiger partial charge in [-0.15, -0.1) is 0 Å². The molecule has 0 radical (unpaired) electrons. The number of likely N-dealkylation sites (N-methyl/N-ethyl adjacent to an activating group) is 1. The zero-order valence-electron chi connectivity index (χ0n) is 10.1. The number of hydrogen-bond acceptors (Lipinski definition) is 2. The summed E-state index contributed by atoms with van der Waals surface area (Å²) in [6.45, 7) is 8.50. The third kappa shape index (κ3) is 4.45. The monoisotopic (exact) mass is 282 g/mol. The quantitative estimate of drug-likeness (QED) is 0.894. The molecule has 0 unspecified atom stereocenters. The molecule has 0 saturated heterocycles. The second kappa shape index (κ2) is 6.81. The van der Waals surface area contributed by atoms with E-state index in [1.54, 1.807) is 6.20 Å². The first kappa shape index (κ1) is 13.4. The fourth-order valence-electron chi connectivity index (χ4n) is 1.41. The van der Waals surface area contributed by atoms with E-state index in [1.165, 1.54) is 5.57 Å². The van der Waals surface area contributed by atoms with Crippen LogP contribution in [-0.4, -0.2) is 18.1 Å². The number of nitrogens with one attached hydrogen (secondary N) is 1. The number of hydrogen-bond donors (Lipinski definition) is 1. The predicted octanol–water partition coefficient (Wildman–Crippen LogP) is 3.49. The molecule has 16 heavy (non-hydrogen) atoms. The molecule has 0 fully saturated rings. The Bertz CT molecular complexity index is 359. The summed E-state index contributed by atoms with van der Waals surface area (Å²) < 4.78 is 1.02. The van der Waals surface area contributed by atoms with Crippen LogP contribution in [-0.2, 0) is 0 Å². The number of pyridine rings is 1. The van der Waals surface area contributed by atoms with E-state index >= 15 is 0 Å². The molecule has 0 atom stereocenters. The van der Waals surface area contributed by atoms with Crippen LogP contribution < -0.4 is 5.32 Å². The van der Waals surface area contributed by atoms with Gasteiger partial charge in [-0.1, -0.05) is 32.4 Å². The minimum Gasteiger partial charge on any atom is -0.313 e. The van der Waals surface area contributed by atoms with Crippen molar-refractivity contribution < 1.29 is 0 Å². The van der Waals surface area contributed by atoms with Crippen LogP contribution in [0.25, 0.3) is 6.08 Å². The molecular weight excluding hydrogens is 264 g/mol. The Kier molecular flexibility index (Phi) is 5.71. The van der Waals surface area contributed by atoms with Gasteiger partial charge in [-0.05, 0) is 40.0 Å². The van der Waals surface area contributed by atoms with Crippen molar-refractivity contribution in [3.05, 3.63) is 34.1 Å². The van der Waals surface area contributed by atoms with E-state index in [0.717, 1.165) is 23.1 Å². The number of aromatic nitrogens is 1. The molecule has 1 aromatic rings. The summed E-state index contributed by atoms with van der Waals surface area (Å²) in [5, 5.41) is 3.36. The molecule has 0 saturated carbocycles. The maximum absolute atomic E-state index is 4.17. The van der Waals surface area contributed by atoms with Crippen LogP contribution in [0, 0.1) is 5.92 Å². The van der Waals surface area contributed by atoms with Crippen LogP contribution in [0.4, 0.5) is 0 Å². The lowest BCUT2D eigenvalue weighted by molar-refractivity contribution is 0.682. The van der Waals surface area contributed by atoms with Crippen molar-refractivity contribution in [3.63, 3.8) is 0 Å². The Morgan fingerprint density at radius 3 is 2.81 bits per heavy atom. The van der Waals surface area contributed by atoms with Gasteiger partial charge in [-0.25, -0.2) is 0 Å². The summed E-state index contributed by atoms with van der Waals surface area (Å²) in [5.74, 6) is 0.554. The molecule has 0 aliphatic carbocycles. The van der Waals surface area contributed by atoms with Crippen LogP contribution in [0.5, 0.6) is 0 Å². The summed E-state index contributed by atoms with van der Waals surface area (Å²) in [7, 11) is 0. The van der Waals surface area contributed by atoms with Crippen molar-refractivity contribution in [2.75, 3.05) is 13.1 Å². The van der Waals surface area contributed by atoms with Gasteiger partial charge >= 0.3 is 0 Å². The van der Waals surface area contributed by atoms with E-state index in [0.29, 0.717) is 5.92 Å². The van der Waals surface area contributed by atoms with E-state index in [2.05, 4.69) is 59.1 Å². The van der Waals surface area contributed by atoms with E-state index in [-0.39, 0.29) is 0 Å². The lowest BCUT2D eigenvalue weighted by Crippen LogP contribution is -2.18. The van der Waals surface area contributed by atoms with Crippen molar-refractivity contribution in [3.8, 4) is 0 Å². The molecule has 0 amide bonds. The lowest BCUT2D eigenvalue weighted by atomic mass is 10.0. The molecule has 3 heteroatoms. The summed E-state index contributed by atoms with van der Waals surface area (Å²) in [4.78, 5) is 4.17. The highest BCUT2D eigenvalue weighted by atomic mass is 79.9. The maximum Gasteiger partial charge on any atom is 0.0410 e. The standard InChI is InChI=1S/C13H19BrN2/c1-4-15-8-12(10(2)3)5-11-6-13(14)9-16-7-11/h5-7,9-10,15H,4,8H2,1-3H3/b12-5-. The van der Waals surface area contributed by atoms with Gasteiger partial charge in [-0.2, -0.15) is 0 Å². The minimum atomic E-state index is 0.554. The molecule has 0 aliphatic heterocycles. The molecule has 1 rings (SSSR count). The van der Waals surface area contributed by atoms with Crippen LogP contribution in [0.15, 0.2) is 28.5 Å². The Morgan fingerprint density at radius 2 is 2.25 bits per heavy atom. The third-order valence-corrected chi connectivity index (χ3v) is 2.83. The van der Waals surface area contributed by atoms with Crippen molar-refractivity contribution in [1.82, 2.24) is 10.3 Å². The smallest absolute Gasteiger partial charge is 0.0410 e. The summed E-state index contributed by atoms with van der Waals surface area (Å²) in [6, 6.07) is 2.08. The SMILES string of the molecule is CCNC/C(=C/c1cncc(Br)c1)C(C)C. The molecule has 1 N–H and O–H groups in total. The van der Waals surface area contributed by atoms with Gasteiger partial charge in [-0.3, -0.25) is 4.98 Å².